The lowest BCUT2D eigenvalue weighted by molar-refractivity contribution is 0.477. The van der Waals surface area contributed by atoms with Crippen molar-refractivity contribution in [2.24, 2.45) is 0 Å². The smallest absolute Gasteiger partial charge is 0.261 e. The average molecular weight is 407 g/mol. The van der Waals surface area contributed by atoms with E-state index >= 15 is 0 Å². The van der Waals surface area contributed by atoms with Crippen molar-refractivity contribution in [1.82, 2.24) is 4.31 Å². The van der Waals surface area contributed by atoms with Crippen LogP contribution in [0.1, 0.15) is 30.4 Å². The molecule has 1 N–H and O–H groups in total. The van der Waals surface area contributed by atoms with Gasteiger partial charge in [-0.05, 0) is 79.6 Å². The molecule has 0 spiro atoms. The third-order valence-electron chi connectivity index (χ3n) is 5.19. The summed E-state index contributed by atoms with van der Waals surface area (Å²) in [5.41, 5.74) is 2.99. The van der Waals surface area contributed by atoms with E-state index in [1.165, 1.54) is 39.7 Å². The Hall–Kier alpha value is -1.90. The first-order valence-corrected chi connectivity index (χ1v) is 12.0. The van der Waals surface area contributed by atoms with E-state index in [4.69, 9.17) is 0 Å². The maximum Gasteiger partial charge on any atom is 0.261 e. The molecule has 6 nitrogen and oxygen atoms in total. The van der Waals surface area contributed by atoms with Crippen LogP contribution in [0.3, 0.4) is 0 Å². The van der Waals surface area contributed by atoms with Gasteiger partial charge in [0.05, 0.1) is 9.79 Å². The second-order valence-corrected chi connectivity index (χ2v) is 10.6. The Kier molecular flexibility index (Phi) is 4.73. The van der Waals surface area contributed by atoms with E-state index in [9.17, 15) is 16.8 Å². The highest BCUT2D eigenvalue weighted by Crippen LogP contribution is 2.27. The van der Waals surface area contributed by atoms with E-state index in [1.54, 1.807) is 6.07 Å². The van der Waals surface area contributed by atoms with Gasteiger partial charge in [-0.25, -0.2) is 16.8 Å². The fourth-order valence-electron chi connectivity index (χ4n) is 3.72. The van der Waals surface area contributed by atoms with Gasteiger partial charge in [-0.15, -0.1) is 0 Å². The number of benzene rings is 2. The minimum atomic E-state index is -3.77. The monoisotopic (exact) mass is 406 g/mol. The van der Waals surface area contributed by atoms with Crippen molar-refractivity contribution in [3.8, 4) is 0 Å². The summed E-state index contributed by atoms with van der Waals surface area (Å²) in [7, 11) is -7.32. The maximum atomic E-state index is 12.6. The quantitative estimate of drug-likeness (QED) is 0.828. The number of rotatable bonds is 5. The molecule has 2 aromatic rings. The van der Waals surface area contributed by atoms with Crippen molar-refractivity contribution < 1.29 is 16.8 Å². The molecule has 4 rings (SSSR count). The van der Waals surface area contributed by atoms with E-state index in [0.29, 0.717) is 18.8 Å². The molecule has 1 aliphatic carbocycles. The minimum absolute atomic E-state index is 0.0448. The molecule has 144 valence electrons. The molecule has 0 aromatic heterocycles. The molecule has 0 unspecified atom stereocenters. The summed E-state index contributed by atoms with van der Waals surface area (Å²) in [6, 6.07) is 11.0. The summed E-state index contributed by atoms with van der Waals surface area (Å²) < 4.78 is 54.4. The summed E-state index contributed by atoms with van der Waals surface area (Å²) in [5.74, 6) is 0. The largest absolute Gasteiger partial charge is 0.280 e. The Morgan fingerprint density at radius 3 is 2.07 bits per heavy atom. The molecule has 0 bridgehead atoms. The standard InChI is InChI=1S/C19H22N2O4S2/c22-26(23,20-17-7-6-15-4-3-5-16(15)14-17)18-8-10-19(11-9-18)27(24,25)21-12-1-2-13-21/h6-11,14,20H,1-5,12-13H2. The Morgan fingerprint density at radius 1 is 0.741 bits per heavy atom. The van der Waals surface area contributed by atoms with Crippen molar-refractivity contribution in [1.29, 1.82) is 0 Å². The van der Waals surface area contributed by atoms with Crippen LogP contribution in [0, 0.1) is 0 Å². The number of aryl methyl sites for hydroxylation is 2. The van der Waals surface area contributed by atoms with Crippen LogP contribution in [-0.2, 0) is 32.9 Å². The summed E-state index contributed by atoms with van der Waals surface area (Å²) in [5, 5.41) is 0. The molecule has 1 fully saturated rings. The van der Waals surface area contributed by atoms with E-state index < -0.39 is 20.0 Å². The van der Waals surface area contributed by atoms with E-state index in [0.717, 1.165) is 32.1 Å². The SMILES string of the molecule is O=S(=O)(Nc1ccc2c(c1)CCC2)c1ccc(S(=O)(=O)N2CCCC2)cc1. The first kappa shape index (κ1) is 18.5. The highest BCUT2D eigenvalue weighted by atomic mass is 32.2. The van der Waals surface area contributed by atoms with Gasteiger partial charge >= 0.3 is 0 Å². The van der Waals surface area contributed by atoms with Gasteiger partial charge in [0.25, 0.3) is 10.0 Å². The lowest BCUT2D eigenvalue weighted by Crippen LogP contribution is -2.27. The first-order valence-electron chi connectivity index (χ1n) is 9.11. The molecule has 0 radical (unpaired) electrons. The van der Waals surface area contributed by atoms with Crippen molar-refractivity contribution >= 4 is 25.7 Å². The van der Waals surface area contributed by atoms with E-state index in [1.807, 2.05) is 12.1 Å². The predicted molar refractivity (Wildman–Crippen MR) is 104 cm³/mol. The van der Waals surface area contributed by atoms with Gasteiger partial charge < -0.3 is 0 Å². The fraction of sp³-hybridized carbons (Fsp3) is 0.368. The maximum absolute atomic E-state index is 12.6. The molecule has 1 aliphatic heterocycles. The first-order chi connectivity index (χ1) is 12.9. The zero-order valence-electron chi connectivity index (χ0n) is 14.9. The van der Waals surface area contributed by atoms with Crippen molar-refractivity contribution in [2.75, 3.05) is 17.8 Å². The van der Waals surface area contributed by atoms with Crippen LogP contribution in [-0.4, -0.2) is 34.2 Å². The highest BCUT2D eigenvalue weighted by molar-refractivity contribution is 7.92. The van der Waals surface area contributed by atoms with Crippen molar-refractivity contribution in [3.63, 3.8) is 0 Å². The van der Waals surface area contributed by atoms with Crippen LogP contribution in [0.5, 0.6) is 0 Å². The molecular weight excluding hydrogens is 384 g/mol. The summed E-state index contributed by atoms with van der Waals surface area (Å²) in [4.78, 5) is 0.171. The molecule has 1 heterocycles. The van der Waals surface area contributed by atoms with Gasteiger partial charge in [0, 0.05) is 18.8 Å². The number of nitrogens with zero attached hydrogens (tertiary/aromatic N) is 1. The topological polar surface area (TPSA) is 83.5 Å². The van der Waals surface area contributed by atoms with Gasteiger partial charge in [0.15, 0.2) is 0 Å². The summed E-state index contributed by atoms with van der Waals surface area (Å²) in [6.07, 6.45) is 4.81. The van der Waals surface area contributed by atoms with Crippen molar-refractivity contribution in [2.45, 2.75) is 41.9 Å². The van der Waals surface area contributed by atoms with Gasteiger partial charge in [0.1, 0.15) is 0 Å². The average Bonchev–Trinajstić information content (AvgIpc) is 3.33. The molecule has 0 saturated carbocycles. The second-order valence-electron chi connectivity index (χ2n) is 7.03. The van der Waals surface area contributed by atoms with Crippen LogP contribution in [0.25, 0.3) is 0 Å². The predicted octanol–water partition coefficient (Wildman–Crippen LogP) is 2.76. The Bertz CT molecular complexity index is 1060. The number of nitrogens with one attached hydrogen (secondary N) is 1. The Balaban J connectivity index is 1.55. The Morgan fingerprint density at radius 2 is 1.37 bits per heavy atom. The third-order valence-corrected chi connectivity index (χ3v) is 8.50. The van der Waals surface area contributed by atoms with E-state index in [2.05, 4.69) is 4.72 Å². The number of hydrogen-bond donors (Lipinski definition) is 1. The van der Waals surface area contributed by atoms with E-state index in [-0.39, 0.29) is 9.79 Å². The molecule has 2 aliphatic rings. The normalized spacial score (nSPS) is 17.8. The van der Waals surface area contributed by atoms with Crippen LogP contribution >= 0.6 is 0 Å². The molecule has 1 saturated heterocycles. The molecular formula is C19H22N2O4S2. The minimum Gasteiger partial charge on any atom is -0.280 e. The number of fused-ring (bicyclic) bond motifs is 1. The highest BCUT2D eigenvalue weighted by Gasteiger charge is 2.27. The van der Waals surface area contributed by atoms with Crippen LogP contribution in [0.4, 0.5) is 5.69 Å². The number of anilines is 1. The van der Waals surface area contributed by atoms with Crippen LogP contribution < -0.4 is 4.72 Å². The van der Waals surface area contributed by atoms with Crippen LogP contribution in [0.2, 0.25) is 0 Å². The number of sulfonamides is 2. The summed E-state index contributed by atoms with van der Waals surface area (Å²) in [6.45, 7) is 1.03. The number of hydrogen-bond acceptors (Lipinski definition) is 4. The zero-order chi connectivity index (χ0) is 19.1. The van der Waals surface area contributed by atoms with Gasteiger partial charge in [-0.2, -0.15) is 4.31 Å². The molecule has 0 atom stereocenters. The second kappa shape index (κ2) is 6.92. The zero-order valence-corrected chi connectivity index (χ0v) is 16.5. The van der Waals surface area contributed by atoms with Gasteiger partial charge in [0.2, 0.25) is 10.0 Å². The molecule has 27 heavy (non-hydrogen) atoms. The molecule has 0 amide bonds. The fourth-order valence-corrected chi connectivity index (χ4v) is 6.28. The Labute approximate surface area is 160 Å². The lowest BCUT2D eigenvalue weighted by atomic mass is 10.1. The lowest BCUT2D eigenvalue weighted by Gasteiger charge is -2.16. The molecule has 8 heteroatoms. The third kappa shape index (κ3) is 3.61. The van der Waals surface area contributed by atoms with Crippen LogP contribution in [0.15, 0.2) is 52.3 Å². The van der Waals surface area contributed by atoms with Crippen molar-refractivity contribution in [3.05, 3.63) is 53.6 Å². The molecule has 2 aromatic carbocycles. The summed E-state index contributed by atoms with van der Waals surface area (Å²) >= 11 is 0. The van der Waals surface area contributed by atoms with Gasteiger partial charge in [-0.3, -0.25) is 4.72 Å². The van der Waals surface area contributed by atoms with Gasteiger partial charge in [-0.1, -0.05) is 6.07 Å².